The van der Waals surface area contributed by atoms with Crippen LogP contribution in [0.5, 0.6) is 0 Å². The molecule has 2 fully saturated rings. The van der Waals surface area contributed by atoms with Gasteiger partial charge in [0.2, 0.25) is 0 Å². The third-order valence-electron chi connectivity index (χ3n) is 4.09. The van der Waals surface area contributed by atoms with Crippen LogP contribution in [0.3, 0.4) is 0 Å². The van der Waals surface area contributed by atoms with E-state index in [4.69, 9.17) is 5.73 Å². The molecule has 1 aliphatic carbocycles. The summed E-state index contributed by atoms with van der Waals surface area (Å²) in [5.41, 5.74) is 6.20. The van der Waals surface area contributed by atoms with E-state index >= 15 is 0 Å². The van der Waals surface area contributed by atoms with Crippen molar-refractivity contribution in [2.45, 2.75) is 63.1 Å². The van der Waals surface area contributed by atoms with Crippen LogP contribution in [0.1, 0.15) is 44.9 Å². The topological polar surface area (TPSA) is 49.5 Å². The second-order valence-electron chi connectivity index (χ2n) is 5.09. The first kappa shape index (κ1) is 11.4. The molecule has 3 heteroatoms. The van der Waals surface area contributed by atoms with E-state index in [2.05, 4.69) is 4.90 Å². The molecular formula is C12H24N2O. The lowest BCUT2D eigenvalue weighted by Crippen LogP contribution is -2.56. The Morgan fingerprint density at radius 2 is 1.80 bits per heavy atom. The van der Waals surface area contributed by atoms with Gasteiger partial charge < -0.3 is 10.8 Å². The van der Waals surface area contributed by atoms with Gasteiger partial charge in [-0.3, -0.25) is 4.90 Å². The van der Waals surface area contributed by atoms with E-state index in [-0.39, 0.29) is 0 Å². The van der Waals surface area contributed by atoms with E-state index in [1.807, 2.05) is 0 Å². The zero-order chi connectivity index (χ0) is 10.7. The summed E-state index contributed by atoms with van der Waals surface area (Å²) in [5, 5.41) is 9.40. The van der Waals surface area contributed by atoms with Gasteiger partial charge in [0.15, 0.2) is 0 Å². The maximum atomic E-state index is 9.40. The number of nitrogens with two attached hydrogens (primary N) is 1. The summed E-state index contributed by atoms with van der Waals surface area (Å²) in [6.07, 6.45) is 8.70. The van der Waals surface area contributed by atoms with Gasteiger partial charge in [-0.1, -0.05) is 19.3 Å². The summed E-state index contributed by atoms with van der Waals surface area (Å²) >= 11 is 0. The van der Waals surface area contributed by atoms with Crippen LogP contribution in [0.2, 0.25) is 0 Å². The summed E-state index contributed by atoms with van der Waals surface area (Å²) in [6.45, 7) is 1.45. The number of likely N-dealkylation sites (tertiary alicyclic amines) is 1. The Bertz CT molecular complexity index is 198. The number of nitrogens with zero attached hydrogens (tertiary/aromatic N) is 1. The molecule has 3 atom stereocenters. The van der Waals surface area contributed by atoms with Crippen molar-refractivity contribution in [3.8, 4) is 0 Å². The van der Waals surface area contributed by atoms with Gasteiger partial charge in [-0.05, 0) is 32.2 Å². The zero-order valence-electron chi connectivity index (χ0n) is 9.57. The van der Waals surface area contributed by atoms with Gasteiger partial charge in [-0.15, -0.1) is 0 Å². The van der Waals surface area contributed by atoms with Crippen LogP contribution in [0.15, 0.2) is 0 Å². The molecule has 88 valence electrons. The predicted octanol–water partition coefficient (Wildman–Crippen LogP) is 1.10. The highest BCUT2D eigenvalue weighted by Gasteiger charge is 2.33. The molecule has 1 saturated heterocycles. The zero-order valence-corrected chi connectivity index (χ0v) is 9.57. The van der Waals surface area contributed by atoms with Crippen molar-refractivity contribution in [3.05, 3.63) is 0 Å². The SMILES string of the molecule is NC1CCCCC1N1CCCCC1CO. The smallest absolute Gasteiger partial charge is 0.0586 e. The van der Waals surface area contributed by atoms with Crippen molar-refractivity contribution in [3.63, 3.8) is 0 Å². The van der Waals surface area contributed by atoms with Gasteiger partial charge in [-0.2, -0.15) is 0 Å². The molecule has 15 heavy (non-hydrogen) atoms. The highest BCUT2D eigenvalue weighted by molar-refractivity contribution is 4.90. The van der Waals surface area contributed by atoms with Crippen molar-refractivity contribution in [2.24, 2.45) is 5.73 Å². The molecule has 0 bridgehead atoms. The molecule has 0 amide bonds. The average Bonchev–Trinajstić information content (AvgIpc) is 2.30. The van der Waals surface area contributed by atoms with Crippen molar-refractivity contribution in [1.82, 2.24) is 4.90 Å². The summed E-state index contributed by atoms with van der Waals surface area (Å²) in [7, 11) is 0. The van der Waals surface area contributed by atoms with E-state index in [0.29, 0.717) is 24.7 Å². The van der Waals surface area contributed by atoms with Crippen molar-refractivity contribution >= 4 is 0 Å². The Kier molecular flexibility index (Phi) is 4.00. The quantitative estimate of drug-likeness (QED) is 0.721. The maximum Gasteiger partial charge on any atom is 0.0586 e. The van der Waals surface area contributed by atoms with Crippen LogP contribution < -0.4 is 5.73 Å². The lowest BCUT2D eigenvalue weighted by molar-refractivity contribution is 0.0302. The summed E-state index contributed by atoms with van der Waals surface area (Å²) in [4.78, 5) is 2.49. The minimum absolute atomic E-state index is 0.309. The van der Waals surface area contributed by atoms with E-state index < -0.39 is 0 Å². The van der Waals surface area contributed by atoms with Gasteiger partial charge in [0.1, 0.15) is 0 Å². The molecule has 1 saturated carbocycles. The Labute approximate surface area is 92.6 Å². The molecule has 1 aliphatic heterocycles. The molecule has 3 nitrogen and oxygen atoms in total. The molecular weight excluding hydrogens is 188 g/mol. The third-order valence-corrected chi connectivity index (χ3v) is 4.09. The number of aliphatic hydroxyl groups excluding tert-OH is 1. The van der Waals surface area contributed by atoms with Crippen LogP contribution >= 0.6 is 0 Å². The maximum absolute atomic E-state index is 9.40. The van der Waals surface area contributed by atoms with E-state index in [0.717, 1.165) is 13.0 Å². The van der Waals surface area contributed by atoms with Crippen LogP contribution in [0.4, 0.5) is 0 Å². The highest BCUT2D eigenvalue weighted by Crippen LogP contribution is 2.27. The van der Waals surface area contributed by atoms with Gasteiger partial charge in [0, 0.05) is 18.1 Å². The molecule has 0 aromatic heterocycles. The number of rotatable bonds is 2. The molecule has 0 aromatic rings. The molecule has 0 radical (unpaired) electrons. The molecule has 3 N–H and O–H groups in total. The monoisotopic (exact) mass is 212 g/mol. The fourth-order valence-electron chi connectivity index (χ4n) is 3.21. The van der Waals surface area contributed by atoms with Gasteiger partial charge in [0.25, 0.3) is 0 Å². The van der Waals surface area contributed by atoms with Crippen molar-refractivity contribution < 1.29 is 5.11 Å². The Balaban J connectivity index is 1.99. The first-order chi connectivity index (χ1) is 7.33. The van der Waals surface area contributed by atoms with E-state index in [9.17, 15) is 5.11 Å². The normalized spacial score (nSPS) is 39.2. The molecule has 2 aliphatic rings. The fraction of sp³-hybridized carbons (Fsp3) is 1.00. The number of hydrogen-bond donors (Lipinski definition) is 2. The van der Waals surface area contributed by atoms with Crippen molar-refractivity contribution in [2.75, 3.05) is 13.2 Å². The van der Waals surface area contributed by atoms with Crippen LogP contribution in [0, 0.1) is 0 Å². The fourth-order valence-corrected chi connectivity index (χ4v) is 3.21. The molecule has 0 spiro atoms. The standard InChI is InChI=1S/C12H24N2O/c13-11-6-1-2-7-12(11)14-8-4-3-5-10(14)9-15/h10-12,15H,1-9,13H2. The number of hydrogen-bond acceptors (Lipinski definition) is 3. The number of piperidine rings is 1. The third kappa shape index (κ3) is 2.52. The van der Waals surface area contributed by atoms with Gasteiger partial charge in [0.05, 0.1) is 6.61 Å². The molecule has 0 aromatic carbocycles. The van der Waals surface area contributed by atoms with Crippen LogP contribution in [0.25, 0.3) is 0 Å². The first-order valence-corrected chi connectivity index (χ1v) is 6.45. The first-order valence-electron chi connectivity index (χ1n) is 6.45. The van der Waals surface area contributed by atoms with Gasteiger partial charge in [-0.25, -0.2) is 0 Å². The Hall–Kier alpha value is -0.120. The molecule has 1 heterocycles. The highest BCUT2D eigenvalue weighted by atomic mass is 16.3. The summed E-state index contributed by atoms with van der Waals surface area (Å²) in [6, 6.07) is 1.26. The molecule has 2 rings (SSSR count). The predicted molar refractivity (Wildman–Crippen MR) is 61.7 cm³/mol. The Morgan fingerprint density at radius 3 is 2.53 bits per heavy atom. The average molecular weight is 212 g/mol. The number of aliphatic hydroxyl groups is 1. The lowest BCUT2D eigenvalue weighted by Gasteiger charge is -2.44. The summed E-state index contributed by atoms with van der Waals surface area (Å²) < 4.78 is 0. The Morgan fingerprint density at radius 1 is 1.07 bits per heavy atom. The van der Waals surface area contributed by atoms with Crippen molar-refractivity contribution in [1.29, 1.82) is 0 Å². The minimum Gasteiger partial charge on any atom is -0.395 e. The largest absolute Gasteiger partial charge is 0.395 e. The van der Waals surface area contributed by atoms with Crippen LogP contribution in [-0.2, 0) is 0 Å². The van der Waals surface area contributed by atoms with Gasteiger partial charge >= 0.3 is 0 Å². The lowest BCUT2D eigenvalue weighted by atomic mass is 9.87. The second kappa shape index (κ2) is 5.28. The minimum atomic E-state index is 0.309. The van der Waals surface area contributed by atoms with Crippen LogP contribution in [-0.4, -0.2) is 41.3 Å². The second-order valence-corrected chi connectivity index (χ2v) is 5.09. The van der Waals surface area contributed by atoms with E-state index in [1.165, 1.54) is 38.5 Å². The summed E-state index contributed by atoms with van der Waals surface area (Å²) in [5.74, 6) is 0. The van der Waals surface area contributed by atoms with E-state index in [1.54, 1.807) is 0 Å². The molecule has 3 unspecified atom stereocenters.